The van der Waals surface area contributed by atoms with Crippen molar-refractivity contribution < 1.29 is 8.42 Å². The average Bonchev–Trinajstić information content (AvgIpc) is 3.24. The van der Waals surface area contributed by atoms with E-state index in [9.17, 15) is 8.42 Å². The van der Waals surface area contributed by atoms with Crippen LogP contribution in [0.1, 0.15) is 19.4 Å². The zero-order valence-corrected chi connectivity index (χ0v) is 16.0. The van der Waals surface area contributed by atoms with Crippen molar-refractivity contribution in [1.82, 2.24) is 0 Å². The molecule has 1 aromatic heterocycles. The van der Waals surface area contributed by atoms with Crippen LogP contribution < -0.4 is 4.31 Å². The minimum Gasteiger partial charge on any atom is -0.266 e. The molecular weight excluding hydrogens is 350 g/mol. The third-order valence-corrected chi connectivity index (χ3v) is 6.81. The van der Waals surface area contributed by atoms with Crippen molar-refractivity contribution in [3.63, 3.8) is 0 Å². The molecule has 0 atom stereocenters. The molecule has 5 heteroatoms. The summed E-state index contributed by atoms with van der Waals surface area (Å²) in [5, 5.41) is 4.10. The number of fused-ring (bicyclic) bond motifs is 1. The number of allylic oxidation sites excluding steroid dienone is 4. The van der Waals surface area contributed by atoms with Crippen LogP contribution in [0.25, 0.3) is 11.1 Å². The lowest BCUT2D eigenvalue weighted by Gasteiger charge is -2.20. The van der Waals surface area contributed by atoms with Crippen molar-refractivity contribution in [2.24, 2.45) is 0 Å². The van der Waals surface area contributed by atoms with Crippen LogP contribution in [0.4, 0.5) is 5.69 Å². The van der Waals surface area contributed by atoms with Gasteiger partial charge in [-0.15, -0.1) is 0 Å². The highest BCUT2D eigenvalue weighted by Crippen LogP contribution is 2.36. The highest BCUT2D eigenvalue weighted by Gasteiger charge is 2.31. The first kappa shape index (κ1) is 17.7. The maximum Gasteiger partial charge on any atom is 0.264 e. The molecule has 0 aliphatic carbocycles. The van der Waals surface area contributed by atoms with E-state index < -0.39 is 10.0 Å². The van der Waals surface area contributed by atoms with E-state index in [1.54, 1.807) is 36.5 Å². The minimum atomic E-state index is -3.58. The normalized spacial score (nSPS) is 15.0. The van der Waals surface area contributed by atoms with Crippen LogP contribution >= 0.6 is 11.3 Å². The van der Waals surface area contributed by atoms with Crippen LogP contribution in [-0.4, -0.2) is 15.0 Å². The lowest BCUT2D eigenvalue weighted by Crippen LogP contribution is -2.29. The second kappa shape index (κ2) is 7.02. The molecular formula is C20H21NO2S2. The molecule has 0 spiro atoms. The van der Waals surface area contributed by atoms with Crippen molar-refractivity contribution in [2.45, 2.75) is 20.3 Å². The Balaban J connectivity index is 2.01. The number of benzene rings is 1. The third-order valence-electron chi connectivity index (χ3n) is 4.20. The third kappa shape index (κ3) is 3.48. The summed E-state index contributed by atoms with van der Waals surface area (Å²) in [6.45, 7) is 7.86. The van der Waals surface area contributed by atoms with Gasteiger partial charge in [0.1, 0.15) is 0 Å². The van der Waals surface area contributed by atoms with Gasteiger partial charge in [0, 0.05) is 6.54 Å². The van der Waals surface area contributed by atoms with Gasteiger partial charge >= 0.3 is 0 Å². The average molecular weight is 372 g/mol. The summed E-state index contributed by atoms with van der Waals surface area (Å²) in [6, 6.07) is 8.14. The Morgan fingerprint density at radius 1 is 1.24 bits per heavy atom. The molecule has 0 saturated carbocycles. The van der Waals surface area contributed by atoms with E-state index in [0.717, 1.165) is 34.4 Å². The van der Waals surface area contributed by atoms with Crippen LogP contribution in [-0.2, 0) is 16.4 Å². The van der Waals surface area contributed by atoms with Crippen LogP contribution in [0.5, 0.6) is 0 Å². The van der Waals surface area contributed by atoms with E-state index >= 15 is 0 Å². The molecule has 0 saturated heterocycles. The standard InChI is InChI=1S/C20H21NO2S2/c1-4-19(8-5-15(2)3)25(22,23)21-11-9-16-6-7-17(13-20(16)21)18-10-12-24-14-18/h4-8,10,12-14H,2,9,11H2,1,3H3. The zero-order valence-electron chi connectivity index (χ0n) is 14.4. The Morgan fingerprint density at radius 2 is 2.04 bits per heavy atom. The summed E-state index contributed by atoms with van der Waals surface area (Å²) in [7, 11) is -3.58. The summed E-state index contributed by atoms with van der Waals surface area (Å²) in [5.41, 5.74) is 4.83. The molecule has 0 unspecified atom stereocenters. The van der Waals surface area contributed by atoms with Crippen molar-refractivity contribution in [1.29, 1.82) is 0 Å². The van der Waals surface area contributed by atoms with Gasteiger partial charge in [-0.2, -0.15) is 11.3 Å². The van der Waals surface area contributed by atoms with E-state index in [2.05, 4.69) is 18.0 Å². The predicted molar refractivity (Wildman–Crippen MR) is 107 cm³/mol. The first-order valence-corrected chi connectivity index (χ1v) is 10.5. The van der Waals surface area contributed by atoms with Gasteiger partial charge in [0.25, 0.3) is 10.0 Å². The Morgan fingerprint density at radius 3 is 2.68 bits per heavy atom. The minimum absolute atomic E-state index is 0.296. The summed E-state index contributed by atoms with van der Waals surface area (Å²) < 4.78 is 27.8. The first-order valence-electron chi connectivity index (χ1n) is 8.11. The van der Waals surface area contributed by atoms with Crippen LogP contribution in [0, 0.1) is 0 Å². The van der Waals surface area contributed by atoms with E-state index in [-0.39, 0.29) is 0 Å². The zero-order chi connectivity index (χ0) is 18.0. The predicted octanol–water partition coefficient (Wildman–Crippen LogP) is 5.14. The van der Waals surface area contributed by atoms with Gasteiger partial charge in [-0.1, -0.05) is 36.4 Å². The largest absolute Gasteiger partial charge is 0.266 e. The van der Waals surface area contributed by atoms with Gasteiger partial charge in [-0.25, -0.2) is 8.42 Å². The van der Waals surface area contributed by atoms with Crippen molar-refractivity contribution in [3.05, 3.63) is 75.9 Å². The second-order valence-electron chi connectivity index (χ2n) is 6.05. The number of sulfonamides is 1. The van der Waals surface area contributed by atoms with Gasteiger partial charge in [0.05, 0.1) is 10.6 Å². The Kier molecular flexibility index (Phi) is 4.97. The van der Waals surface area contributed by atoms with Crippen molar-refractivity contribution >= 4 is 27.0 Å². The van der Waals surface area contributed by atoms with E-state index in [1.807, 2.05) is 30.5 Å². The Bertz CT molecular complexity index is 952. The van der Waals surface area contributed by atoms with Crippen LogP contribution in [0.15, 0.2) is 70.3 Å². The Hall–Kier alpha value is -2.11. The summed E-state index contributed by atoms with van der Waals surface area (Å²) in [4.78, 5) is 0.296. The van der Waals surface area contributed by atoms with Crippen LogP contribution in [0.2, 0.25) is 0 Å². The molecule has 1 aromatic carbocycles. The fourth-order valence-corrected chi connectivity index (χ4v) is 5.11. The van der Waals surface area contributed by atoms with E-state index in [0.29, 0.717) is 11.4 Å². The lowest BCUT2D eigenvalue weighted by molar-refractivity contribution is 0.599. The number of thiophene rings is 1. The summed E-state index contributed by atoms with van der Waals surface area (Å²) in [5.74, 6) is 0. The molecule has 0 radical (unpaired) electrons. The second-order valence-corrected chi connectivity index (χ2v) is 8.70. The van der Waals surface area contributed by atoms with Crippen LogP contribution in [0.3, 0.4) is 0 Å². The highest BCUT2D eigenvalue weighted by molar-refractivity contribution is 7.96. The molecule has 3 nitrogen and oxygen atoms in total. The number of rotatable bonds is 5. The molecule has 0 bridgehead atoms. The molecule has 1 aliphatic heterocycles. The van der Waals surface area contributed by atoms with Gasteiger partial charge in [-0.3, -0.25) is 4.31 Å². The molecule has 0 N–H and O–H groups in total. The SMILES string of the molecule is C=C(C)C=CC(=CC)S(=O)(=O)N1CCc2ccc(-c3ccsc3)cc21. The quantitative estimate of drug-likeness (QED) is 0.682. The molecule has 0 fully saturated rings. The van der Waals surface area contributed by atoms with Gasteiger partial charge < -0.3 is 0 Å². The van der Waals surface area contributed by atoms with Gasteiger partial charge in [-0.05, 0) is 65.9 Å². The fraction of sp³-hybridized carbons (Fsp3) is 0.200. The number of nitrogens with zero attached hydrogens (tertiary/aromatic N) is 1. The molecule has 0 amide bonds. The van der Waals surface area contributed by atoms with E-state index in [1.165, 1.54) is 4.31 Å². The fourth-order valence-electron chi connectivity index (χ4n) is 2.89. The number of hydrogen-bond acceptors (Lipinski definition) is 3. The smallest absolute Gasteiger partial charge is 0.264 e. The molecule has 130 valence electrons. The van der Waals surface area contributed by atoms with Crippen molar-refractivity contribution in [2.75, 3.05) is 10.8 Å². The maximum atomic E-state index is 13.1. The monoisotopic (exact) mass is 371 g/mol. The number of hydrogen-bond donors (Lipinski definition) is 0. The van der Waals surface area contributed by atoms with Gasteiger partial charge in [0.2, 0.25) is 0 Å². The topological polar surface area (TPSA) is 37.4 Å². The lowest BCUT2D eigenvalue weighted by atomic mass is 10.1. The number of anilines is 1. The maximum absolute atomic E-state index is 13.1. The molecule has 2 aromatic rings. The molecule has 3 rings (SSSR count). The molecule has 1 aliphatic rings. The Labute approximate surface area is 153 Å². The summed E-state index contributed by atoms with van der Waals surface area (Å²) >= 11 is 1.63. The van der Waals surface area contributed by atoms with E-state index in [4.69, 9.17) is 0 Å². The summed E-state index contributed by atoms with van der Waals surface area (Å²) in [6.07, 6.45) is 5.72. The van der Waals surface area contributed by atoms with Gasteiger partial charge in [0.15, 0.2) is 0 Å². The first-order chi connectivity index (χ1) is 11.9. The highest BCUT2D eigenvalue weighted by atomic mass is 32.2. The molecule has 2 heterocycles. The van der Waals surface area contributed by atoms with Crippen molar-refractivity contribution in [3.8, 4) is 11.1 Å². The molecule has 25 heavy (non-hydrogen) atoms.